The standard InChI is InChI=1S/C26H52O3/c1-7-8-9-10-11-12-13-14-15-16-17-18-19-20-23(4)25(27)29-24(5)26(6,28)21-22(2)3/h22-24,28H,7-21H2,1-6H3. The second-order valence-corrected chi connectivity index (χ2v) is 9.97. The van der Waals surface area contributed by atoms with Crippen LogP contribution >= 0.6 is 0 Å². The zero-order chi connectivity index (χ0) is 22.1. The van der Waals surface area contributed by atoms with Crippen molar-refractivity contribution in [2.45, 2.75) is 150 Å². The van der Waals surface area contributed by atoms with Crippen LogP contribution in [0, 0.1) is 11.8 Å². The molecule has 0 rings (SSSR count). The van der Waals surface area contributed by atoms with Crippen LogP contribution in [-0.2, 0) is 9.53 Å². The minimum absolute atomic E-state index is 0.0833. The molecule has 0 radical (unpaired) electrons. The highest BCUT2D eigenvalue weighted by Gasteiger charge is 2.33. The Morgan fingerprint density at radius 1 is 0.793 bits per heavy atom. The first-order chi connectivity index (χ1) is 13.7. The van der Waals surface area contributed by atoms with E-state index < -0.39 is 11.7 Å². The minimum Gasteiger partial charge on any atom is -0.459 e. The van der Waals surface area contributed by atoms with Gasteiger partial charge in [-0.25, -0.2) is 0 Å². The molecule has 0 aliphatic carbocycles. The zero-order valence-electron chi connectivity index (χ0n) is 20.6. The normalized spacial score (nSPS) is 15.9. The summed E-state index contributed by atoms with van der Waals surface area (Å²) in [5, 5.41) is 10.5. The predicted molar refractivity (Wildman–Crippen MR) is 125 cm³/mol. The molecule has 1 N–H and O–H groups in total. The topological polar surface area (TPSA) is 46.5 Å². The monoisotopic (exact) mass is 412 g/mol. The smallest absolute Gasteiger partial charge is 0.309 e. The maximum atomic E-state index is 12.3. The lowest BCUT2D eigenvalue weighted by atomic mass is 9.89. The van der Waals surface area contributed by atoms with Crippen molar-refractivity contribution in [3.8, 4) is 0 Å². The number of carbonyl (C=O) groups is 1. The fourth-order valence-corrected chi connectivity index (χ4v) is 4.00. The van der Waals surface area contributed by atoms with Crippen molar-refractivity contribution in [1.82, 2.24) is 0 Å². The van der Waals surface area contributed by atoms with E-state index in [1.807, 2.05) is 6.92 Å². The van der Waals surface area contributed by atoms with Crippen LogP contribution in [-0.4, -0.2) is 22.8 Å². The molecule has 3 unspecified atom stereocenters. The van der Waals surface area contributed by atoms with Gasteiger partial charge in [0.1, 0.15) is 6.10 Å². The second-order valence-electron chi connectivity index (χ2n) is 9.97. The van der Waals surface area contributed by atoms with E-state index in [0.717, 1.165) is 12.8 Å². The van der Waals surface area contributed by atoms with Crippen LogP contribution in [0.5, 0.6) is 0 Å². The van der Waals surface area contributed by atoms with Crippen LogP contribution in [0.25, 0.3) is 0 Å². The first-order valence-corrected chi connectivity index (χ1v) is 12.6. The van der Waals surface area contributed by atoms with Crippen molar-refractivity contribution >= 4 is 5.97 Å². The summed E-state index contributed by atoms with van der Waals surface area (Å²) in [7, 11) is 0. The molecular formula is C26H52O3. The number of carbonyl (C=O) groups excluding carboxylic acids is 1. The molecule has 0 spiro atoms. The summed E-state index contributed by atoms with van der Waals surface area (Å²) in [4.78, 5) is 12.3. The Morgan fingerprint density at radius 3 is 1.62 bits per heavy atom. The third-order valence-electron chi connectivity index (χ3n) is 6.13. The van der Waals surface area contributed by atoms with Gasteiger partial charge in [-0.3, -0.25) is 4.79 Å². The first kappa shape index (κ1) is 28.4. The first-order valence-electron chi connectivity index (χ1n) is 12.6. The highest BCUT2D eigenvalue weighted by atomic mass is 16.6. The lowest BCUT2D eigenvalue weighted by Gasteiger charge is -2.32. The number of hydrogen-bond donors (Lipinski definition) is 1. The Hall–Kier alpha value is -0.570. The van der Waals surface area contributed by atoms with Crippen molar-refractivity contribution in [2.24, 2.45) is 11.8 Å². The Labute approximate surface area is 182 Å². The summed E-state index contributed by atoms with van der Waals surface area (Å²) in [6.07, 6.45) is 18.5. The number of aliphatic hydroxyl groups is 1. The molecule has 0 aromatic heterocycles. The van der Waals surface area contributed by atoms with E-state index in [1.165, 1.54) is 77.0 Å². The molecule has 0 aliphatic heterocycles. The highest BCUT2D eigenvalue weighted by molar-refractivity contribution is 5.72. The number of rotatable bonds is 19. The summed E-state index contributed by atoms with van der Waals surface area (Å²) in [6.45, 7) is 11.9. The van der Waals surface area contributed by atoms with Gasteiger partial charge in [-0.2, -0.15) is 0 Å². The Bertz CT molecular complexity index is 389. The molecule has 0 saturated carbocycles. The summed E-state index contributed by atoms with van der Waals surface area (Å²) >= 11 is 0. The van der Waals surface area contributed by atoms with Gasteiger partial charge in [0.2, 0.25) is 0 Å². The number of unbranched alkanes of at least 4 members (excludes halogenated alkanes) is 12. The average molecular weight is 413 g/mol. The molecule has 29 heavy (non-hydrogen) atoms. The van der Waals surface area contributed by atoms with Crippen LogP contribution in [0.2, 0.25) is 0 Å². The van der Waals surface area contributed by atoms with E-state index in [0.29, 0.717) is 12.3 Å². The second kappa shape index (κ2) is 17.1. The third kappa shape index (κ3) is 15.9. The SMILES string of the molecule is CCCCCCCCCCCCCCCC(C)C(=O)OC(C)C(C)(O)CC(C)C. The summed E-state index contributed by atoms with van der Waals surface area (Å²) in [5.41, 5.74) is -0.959. The van der Waals surface area contributed by atoms with E-state index in [2.05, 4.69) is 20.8 Å². The van der Waals surface area contributed by atoms with Crippen LogP contribution in [0.3, 0.4) is 0 Å². The van der Waals surface area contributed by atoms with Gasteiger partial charge >= 0.3 is 5.97 Å². The van der Waals surface area contributed by atoms with Crippen molar-refractivity contribution < 1.29 is 14.6 Å². The summed E-state index contributed by atoms with van der Waals surface area (Å²) < 4.78 is 5.55. The molecule has 0 bridgehead atoms. The van der Waals surface area contributed by atoms with Crippen molar-refractivity contribution in [3.05, 3.63) is 0 Å². The largest absolute Gasteiger partial charge is 0.459 e. The Kier molecular flexibility index (Phi) is 16.8. The van der Waals surface area contributed by atoms with Gasteiger partial charge in [-0.05, 0) is 32.6 Å². The molecule has 3 nitrogen and oxygen atoms in total. The van der Waals surface area contributed by atoms with E-state index in [4.69, 9.17) is 4.74 Å². The van der Waals surface area contributed by atoms with Gasteiger partial charge < -0.3 is 9.84 Å². The molecule has 0 aromatic carbocycles. The van der Waals surface area contributed by atoms with E-state index >= 15 is 0 Å². The van der Waals surface area contributed by atoms with E-state index in [9.17, 15) is 9.90 Å². The van der Waals surface area contributed by atoms with Gasteiger partial charge in [-0.1, -0.05) is 111 Å². The van der Waals surface area contributed by atoms with Crippen LogP contribution in [0.4, 0.5) is 0 Å². The highest BCUT2D eigenvalue weighted by Crippen LogP contribution is 2.24. The molecule has 3 atom stereocenters. The molecule has 174 valence electrons. The molecule has 0 heterocycles. The molecule has 0 amide bonds. The molecular weight excluding hydrogens is 360 g/mol. The van der Waals surface area contributed by atoms with Crippen LogP contribution < -0.4 is 0 Å². The summed E-state index contributed by atoms with van der Waals surface area (Å²) in [6, 6.07) is 0. The lowest BCUT2D eigenvalue weighted by Crippen LogP contribution is -2.42. The molecule has 0 aromatic rings. The maximum Gasteiger partial charge on any atom is 0.309 e. The summed E-state index contributed by atoms with van der Waals surface area (Å²) in [5.74, 6) is 0.120. The van der Waals surface area contributed by atoms with E-state index in [1.54, 1.807) is 13.8 Å². The van der Waals surface area contributed by atoms with Crippen LogP contribution in [0.1, 0.15) is 138 Å². The number of esters is 1. The van der Waals surface area contributed by atoms with Gasteiger partial charge in [0, 0.05) is 0 Å². The fraction of sp³-hybridized carbons (Fsp3) is 0.962. The van der Waals surface area contributed by atoms with E-state index in [-0.39, 0.29) is 11.9 Å². The molecule has 0 fully saturated rings. The van der Waals surface area contributed by atoms with Gasteiger partial charge in [-0.15, -0.1) is 0 Å². The van der Waals surface area contributed by atoms with Crippen molar-refractivity contribution in [2.75, 3.05) is 0 Å². The fourth-order valence-electron chi connectivity index (χ4n) is 4.00. The minimum atomic E-state index is -0.959. The van der Waals surface area contributed by atoms with Gasteiger partial charge in [0.05, 0.1) is 11.5 Å². The van der Waals surface area contributed by atoms with Crippen molar-refractivity contribution in [3.63, 3.8) is 0 Å². The zero-order valence-corrected chi connectivity index (χ0v) is 20.6. The molecule has 3 heteroatoms. The number of ether oxygens (including phenoxy) is 1. The van der Waals surface area contributed by atoms with Gasteiger partial charge in [0.15, 0.2) is 0 Å². The third-order valence-corrected chi connectivity index (χ3v) is 6.13. The average Bonchev–Trinajstić information content (AvgIpc) is 2.64. The predicted octanol–water partition coefficient (Wildman–Crippen LogP) is 7.83. The lowest BCUT2D eigenvalue weighted by molar-refractivity contribution is -0.167. The molecule has 0 saturated heterocycles. The molecule has 0 aliphatic rings. The number of hydrogen-bond acceptors (Lipinski definition) is 3. The Morgan fingerprint density at radius 2 is 1.21 bits per heavy atom. The van der Waals surface area contributed by atoms with Crippen molar-refractivity contribution in [1.29, 1.82) is 0 Å². The van der Waals surface area contributed by atoms with Crippen LogP contribution in [0.15, 0.2) is 0 Å². The quantitative estimate of drug-likeness (QED) is 0.174. The Balaban J connectivity index is 3.66. The van der Waals surface area contributed by atoms with Gasteiger partial charge in [0.25, 0.3) is 0 Å². The maximum absolute atomic E-state index is 12.3.